The van der Waals surface area contributed by atoms with Crippen LogP contribution < -0.4 is 0 Å². The molecule has 0 radical (unpaired) electrons. The summed E-state index contributed by atoms with van der Waals surface area (Å²) in [5, 5.41) is 1.06. The van der Waals surface area contributed by atoms with Crippen LogP contribution in [0.2, 0.25) is 10.0 Å². The lowest BCUT2D eigenvalue weighted by Crippen LogP contribution is -1.79. The fourth-order valence-electron chi connectivity index (χ4n) is 2.63. The molecule has 3 nitrogen and oxygen atoms in total. The molecule has 0 aliphatic rings. The molecule has 0 N–H and O–H groups in total. The Kier molecular flexibility index (Phi) is 5.62. The van der Waals surface area contributed by atoms with E-state index in [1.807, 2.05) is 54.6 Å². The molecule has 0 unspecified atom stereocenters. The van der Waals surface area contributed by atoms with Crippen LogP contribution in [0.1, 0.15) is 5.56 Å². The van der Waals surface area contributed by atoms with Crippen LogP contribution in [0.3, 0.4) is 0 Å². The van der Waals surface area contributed by atoms with Crippen LogP contribution in [0.25, 0.3) is 28.6 Å². The van der Waals surface area contributed by atoms with Crippen molar-refractivity contribution in [3.8, 4) is 11.5 Å². The predicted molar refractivity (Wildman–Crippen MR) is 121 cm³/mol. The van der Waals surface area contributed by atoms with Crippen LogP contribution >= 0.6 is 39.1 Å². The van der Waals surface area contributed by atoms with Crippen molar-refractivity contribution in [3.05, 3.63) is 86.8 Å². The number of aliphatic imine (C=N–C) groups is 1. The van der Waals surface area contributed by atoms with Crippen LogP contribution in [-0.2, 0) is 0 Å². The first-order valence-corrected chi connectivity index (χ1v) is 9.96. The summed E-state index contributed by atoms with van der Waals surface area (Å²) in [5.74, 6) is 0.452. The van der Waals surface area contributed by atoms with Crippen molar-refractivity contribution in [1.29, 1.82) is 0 Å². The van der Waals surface area contributed by atoms with Gasteiger partial charge in [-0.25, -0.2) is 4.98 Å². The molecular weight excluding hydrogens is 459 g/mol. The third-order valence-corrected chi connectivity index (χ3v) is 5.08. The number of benzene rings is 3. The summed E-state index contributed by atoms with van der Waals surface area (Å²) >= 11 is 15.6. The van der Waals surface area contributed by atoms with Gasteiger partial charge in [0.2, 0.25) is 5.89 Å². The molecule has 6 heteroatoms. The third kappa shape index (κ3) is 4.36. The maximum Gasteiger partial charge on any atom is 0.228 e. The molecule has 138 valence electrons. The van der Waals surface area contributed by atoms with Gasteiger partial charge in [0.15, 0.2) is 5.58 Å². The van der Waals surface area contributed by atoms with E-state index in [0.29, 0.717) is 32.6 Å². The minimum Gasteiger partial charge on any atom is -0.436 e. The largest absolute Gasteiger partial charge is 0.436 e. The highest BCUT2D eigenvalue weighted by atomic mass is 79.9. The number of halogens is 3. The van der Waals surface area contributed by atoms with Crippen molar-refractivity contribution in [3.63, 3.8) is 0 Å². The third-order valence-electron chi connectivity index (χ3n) is 4.00. The number of allylic oxidation sites excluding steroid dienone is 1. The summed E-state index contributed by atoms with van der Waals surface area (Å²) in [5.41, 5.74) is 3.98. The highest BCUT2D eigenvalue weighted by molar-refractivity contribution is 9.10. The summed E-state index contributed by atoms with van der Waals surface area (Å²) < 4.78 is 6.87. The lowest BCUT2D eigenvalue weighted by molar-refractivity contribution is 0.620. The summed E-state index contributed by atoms with van der Waals surface area (Å²) in [6.45, 7) is 0. The van der Waals surface area contributed by atoms with E-state index < -0.39 is 0 Å². The quantitative estimate of drug-likeness (QED) is 0.283. The zero-order chi connectivity index (χ0) is 19.5. The molecule has 0 bridgehead atoms. The fraction of sp³-hybridized carbons (Fsp3) is 0. The number of aromatic nitrogens is 1. The number of fused-ring (bicyclic) bond motifs is 1. The summed E-state index contributed by atoms with van der Waals surface area (Å²) in [7, 11) is 0. The van der Waals surface area contributed by atoms with Gasteiger partial charge in [-0.3, -0.25) is 4.99 Å². The maximum atomic E-state index is 6.25. The SMILES string of the molecule is Clc1ccc(-c2nc3cc(N=C/C=C/c4ccc(Br)cc4)ccc3o2)c(Cl)c1. The Morgan fingerprint density at radius 2 is 1.79 bits per heavy atom. The molecular formula is C22H13BrCl2N2O. The Labute approximate surface area is 180 Å². The highest BCUT2D eigenvalue weighted by Gasteiger charge is 2.12. The van der Waals surface area contributed by atoms with E-state index in [-0.39, 0.29) is 0 Å². The number of nitrogens with zero attached hydrogens (tertiary/aromatic N) is 2. The molecule has 1 heterocycles. The van der Waals surface area contributed by atoms with Gasteiger partial charge in [-0.1, -0.05) is 57.3 Å². The van der Waals surface area contributed by atoms with Crippen LogP contribution in [-0.4, -0.2) is 11.2 Å². The average Bonchev–Trinajstić information content (AvgIpc) is 3.09. The lowest BCUT2D eigenvalue weighted by Gasteiger charge is -1.98. The standard InChI is InChI=1S/C22H13BrCl2N2O/c23-15-5-3-14(4-6-15)2-1-11-26-17-8-10-21-20(13-17)27-22(28-21)18-9-7-16(24)12-19(18)25/h1-13H/b2-1+,26-11?. The Morgan fingerprint density at radius 3 is 2.57 bits per heavy atom. The Hall–Kier alpha value is -2.40. The normalized spacial score (nSPS) is 11.8. The molecule has 0 saturated carbocycles. The van der Waals surface area contributed by atoms with Crippen LogP contribution in [0.5, 0.6) is 0 Å². The number of oxazole rings is 1. The summed E-state index contributed by atoms with van der Waals surface area (Å²) in [6, 6.07) is 18.9. The minimum atomic E-state index is 0.452. The van der Waals surface area contributed by atoms with Gasteiger partial charge in [-0.05, 0) is 60.2 Å². The van der Waals surface area contributed by atoms with Crippen molar-refractivity contribution < 1.29 is 4.42 Å². The first-order chi connectivity index (χ1) is 13.6. The number of hydrogen-bond acceptors (Lipinski definition) is 3. The van der Waals surface area contributed by atoms with Crippen molar-refractivity contribution in [1.82, 2.24) is 4.98 Å². The fourth-order valence-corrected chi connectivity index (χ4v) is 3.39. The molecule has 0 saturated heterocycles. The molecule has 1 aromatic heterocycles. The molecule has 3 aromatic carbocycles. The van der Waals surface area contributed by atoms with Gasteiger partial charge < -0.3 is 4.42 Å². The molecule has 28 heavy (non-hydrogen) atoms. The van der Waals surface area contributed by atoms with E-state index in [1.54, 1.807) is 24.4 Å². The predicted octanol–water partition coefficient (Wildman–Crippen LogP) is 7.98. The smallest absolute Gasteiger partial charge is 0.228 e. The molecule has 0 amide bonds. The maximum absolute atomic E-state index is 6.25. The van der Waals surface area contributed by atoms with Crippen LogP contribution in [0.4, 0.5) is 5.69 Å². The zero-order valence-corrected chi connectivity index (χ0v) is 17.5. The molecule has 0 spiro atoms. The van der Waals surface area contributed by atoms with Gasteiger partial charge in [0.1, 0.15) is 5.52 Å². The topological polar surface area (TPSA) is 38.4 Å². The minimum absolute atomic E-state index is 0.452. The lowest BCUT2D eigenvalue weighted by atomic mass is 10.2. The van der Waals surface area contributed by atoms with E-state index in [1.165, 1.54) is 0 Å². The highest BCUT2D eigenvalue weighted by Crippen LogP contribution is 2.32. The van der Waals surface area contributed by atoms with E-state index in [9.17, 15) is 0 Å². The van der Waals surface area contributed by atoms with E-state index >= 15 is 0 Å². The van der Waals surface area contributed by atoms with Crippen molar-refractivity contribution in [2.45, 2.75) is 0 Å². The van der Waals surface area contributed by atoms with Gasteiger partial charge in [0.05, 0.1) is 16.3 Å². The van der Waals surface area contributed by atoms with Gasteiger partial charge in [0, 0.05) is 15.7 Å². The second kappa shape index (κ2) is 8.31. The molecule has 0 fully saturated rings. The van der Waals surface area contributed by atoms with E-state index in [0.717, 1.165) is 15.7 Å². The zero-order valence-electron chi connectivity index (χ0n) is 14.4. The second-order valence-corrected chi connectivity index (χ2v) is 7.74. The van der Waals surface area contributed by atoms with Crippen molar-refractivity contribution in [2.24, 2.45) is 4.99 Å². The summed E-state index contributed by atoms with van der Waals surface area (Å²) in [6.07, 6.45) is 5.64. The molecule has 0 aliphatic heterocycles. The van der Waals surface area contributed by atoms with Crippen LogP contribution in [0.15, 0.2) is 80.6 Å². The molecule has 4 aromatic rings. The van der Waals surface area contributed by atoms with Gasteiger partial charge in [0.25, 0.3) is 0 Å². The molecule has 0 atom stereocenters. The Balaban J connectivity index is 1.55. The van der Waals surface area contributed by atoms with Gasteiger partial charge in [-0.2, -0.15) is 0 Å². The second-order valence-electron chi connectivity index (χ2n) is 5.98. The van der Waals surface area contributed by atoms with Gasteiger partial charge >= 0.3 is 0 Å². The first-order valence-electron chi connectivity index (χ1n) is 8.41. The van der Waals surface area contributed by atoms with E-state index in [4.69, 9.17) is 27.6 Å². The van der Waals surface area contributed by atoms with Crippen LogP contribution in [0, 0.1) is 0 Å². The Morgan fingerprint density at radius 1 is 0.964 bits per heavy atom. The molecule has 0 aliphatic carbocycles. The van der Waals surface area contributed by atoms with Crippen molar-refractivity contribution in [2.75, 3.05) is 0 Å². The van der Waals surface area contributed by atoms with E-state index in [2.05, 4.69) is 25.9 Å². The van der Waals surface area contributed by atoms with Gasteiger partial charge in [-0.15, -0.1) is 0 Å². The monoisotopic (exact) mass is 470 g/mol. The van der Waals surface area contributed by atoms with Crippen molar-refractivity contribution >= 4 is 68.2 Å². The number of hydrogen-bond donors (Lipinski definition) is 0. The summed E-state index contributed by atoms with van der Waals surface area (Å²) in [4.78, 5) is 8.98. The molecule has 4 rings (SSSR count). The Bertz CT molecular complexity index is 1200. The number of rotatable bonds is 4. The first kappa shape index (κ1) is 18.9. The average molecular weight is 472 g/mol.